The number of aromatic nitrogens is 2. The highest BCUT2D eigenvalue weighted by atomic mass is 19.3. The first kappa shape index (κ1) is 21.4. The molecule has 4 rings (SSSR count). The van der Waals surface area contributed by atoms with E-state index in [-0.39, 0.29) is 18.0 Å². The summed E-state index contributed by atoms with van der Waals surface area (Å²) in [6.07, 6.45) is 0.521. The molecule has 3 aromatic rings. The maximum atomic E-state index is 13.3. The molecule has 7 nitrogen and oxygen atoms in total. The summed E-state index contributed by atoms with van der Waals surface area (Å²) in [7, 11) is 1.48. The van der Waals surface area contributed by atoms with E-state index in [0.717, 1.165) is 0 Å². The largest absolute Gasteiger partial charge is 0.480 e. The molecule has 0 saturated heterocycles. The van der Waals surface area contributed by atoms with Crippen molar-refractivity contribution in [1.82, 2.24) is 9.97 Å². The monoisotopic (exact) mass is 438 g/mol. The Labute approximate surface area is 183 Å². The van der Waals surface area contributed by atoms with Gasteiger partial charge < -0.3 is 15.0 Å². The normalized spacial score (nSPS) is 15.1. The molecule has 32 heavy (non-hydrogen) atoms. The van der Waals surface area contributed by atoms with Gasteiger partial charge in [-0.1, -0.05) is 18.2 Å². The molecule has 0 radical (unpaired) electrons. The second-order valence-electron chi connectivity index (χ2n) is 7.27. The highest BCUT2D eigenvalue weighted by Crippen LogP contribution is 2.43. The topological polar surface area (TPSA) is 84.4 Å². The van der Waals surface area contributed by atoms with Crippen LogP contribution in [-0.2, 0) is 9.59 Å². The number of anilines is 2. The molecule has 1 aliphatic heterocycles. The third kappa shape index (κ3) is 3.89. The Morgan fingerprint density at radius 1 is 1.16 bits per heavy atom. The molecule has 0 aliphatic carbocycles. The van der Waals surface area contributed by atoms with E-state index in [0.29, 0.717) is 34.1 Å². The second kappa shape index (κ2) is 8.70. The van der Waals surface area contributed by atoms with Crippen LogP contribution in [0, 0.1) is 0 Å². The molecule has 164 valence electrons. The van der Waals surface area contributed by atoms with Crippen LogP contribution < -0.4 is 15.0 Å². The van der Waals surface area contributed by atoms with Crippen LogP contribution in [0.2, 0.25) is 0 Å². The average molecular weight is 438 g/mol. The number of benzene rings is 1. The van der Waals surface area contributed by atoms with Gasteiger partial charge >= 0.3 is 0 Å². The molecule has 0 unspecified atom stereocenters. The highest BCUT2D eigenvalue weighted by molar-refractivity contribution is 6.09. The van der Waals surface area contributed by atoms with Crippen molar-refractivity contribution in [2.45, 2.75) is 19.3 Å². The smallest absolute Gasteiger partial charge is 0.263 e. The highest BCUT2D eigenvalue weighted by Gasteiger charge is 2.35. The minimum Gasteiger partial charge on any atom is -0.480 e. The van der Waals surface area contributed by atoms with Gasteiger partial charge in [0.15, 0.2) is 0 Å². The molecular formula is C23H20F2N4O3. The summed E-state index contributed by atoms with van der Waals surface area (Å²) in [6, 6.07) is 10.5. The van der Waals surface area contributed by atoms with Gasteiger partial charge in [-0.3, -0.25) is 14.6 Å². The van der Waals surface area contributed by atoms with E-state index in [2.05, 4.69) is 15.3 Å². The quantitative estimate of drug-likeness (QED) is 0.646. The van der Waals surface area contributed by atoms with Crippen LogP contribution in [0.4, 0.5) is 20.2 Å². The van der Waals surface area contributed by atoms with E-state index in [4.69, 9.17) is 4.74 Å². The van der Waals surface area contributed by atoms with Crippen molar-refractivity contribution in [1.29, 1.82) is 0 Å². The van der Waals surface area contributed by atoms with E-state index >= 15 is 0 Å². The van der Waals surface area contributed by atoms with Gasteiger partial charge in [-0.2, -0.15) is 0 Å². The number of alkyl halides is 2. The van der Waals surface area contributed by atoms with E-state index in [1.54, 1.807) is 25.3 Å². The van der Waals surface area contributed by atoms with Crippen molar-refractivity contribution >= 4 is 23.2 Å². The molecule has 9 heteroatoms. The molecule has 2 amide bonds. The van der Waals surface area contributed by atoms with Gasteiger partial charge in [0, 0.05) is 29.2 Å². The van der Waals surface area contributed by atoms with Gasteiger partial charge in [-0.25, -0.2) is 13.8 Å². The Bertz CT molecular complexity index is 1170. The SMILES string of the molecule is COc1nccc2c1-c1cccnc1[C@H](C)C(=O)N2CC(=O)Nc1ccc(C(F)F)cc1. The molecule has 1 atom stereocenters. The van der Waals surface area contributed by atoms with Crippen LogP contribution in [0.15, 0.2) is 54.9 Å². The van der Waals surface area contributed by atoms with Crippen molar-refractivity contribution in [2.24, 2.45) is 0 Å². The molecule has 1 aliphatic rings. The zero-order valence-corrected chi connectivity index (χ0v) is 17.4. The Balaban J connectivity index is 1.68. The summed E-state index contributed by atoms with van der Waals surface area (Å²) in [5, 5.41) is 2.65. The summed E-state index contributed by atoms with van der Waals surface area (Å²) in [4.78, 5) is 36.1. The molecule has 0 saturated carbocycles. The third-order valence-electron chi connectivity index (χ3n) is 5.28. The van der Waals surface area contributed by atoms with Gasteiger partial charge in [-0.05, 0) is 31.2 Å². The van der Waals surface area contributed by atoms with Crippen molar-refractivity contribution < 1.29 is 23.1 Å². The van der Waals surface area contributed by atoms with Crippen LogP contribution in [0.3, 0.4) is 0 Å². The first-order valence-corrected chi connectivity index (χ1v) is 9.88. The minimum atomic E-state index is -2.59. The second-order valence-corrected chi connectivity index (χ2v) is 7.27. The number of hydrogen-bond acceptors (Lipinski definition) is 5. The number of ether oxygens (including phenoxy) is 1. The van der Waals surface area contributed by atoms with E-state index < -0.39 is 18.3 Å². The molecular weight excluding hydrogens is 418 g/mol. The van der Waals surface area contributed by atoms with E-state index in [9.17, 15) is 18.4 Å². The molecule has 2 aromatic heterocycles. The summed E-state index contributed by atoms with van der Waals surface area (Å²) in [5.41, 5.74) is 2.54. The number of methoxy groups -OCH3 is 1. The van der Waals surface area contributed by atoms with E-state index in [1.807, 2.05) is 6.07 Å². The Kier molecular flexibility index (Phi) is 5.81. The number of fused-ring (bicyclic) bond motifs is 3. The lowest BCUT2D eigenvalue weighted by Gasteiger charge is -2.24. The number of pyridine rings is 2. The maximum Gasteiger partial charge on any atom is 0.263 e. The molecule has 1 N–H and O–H groups in total. The first-order chi connectivity index (χ1) is 15.4. The lowest BCUT2D eigenvalue weighted by Crippen LogP contribution is -2.40. The lowest BCUT2D eigenvalue weighted by molar-refractivity contribution is -0.122. The zero-order chi connectivity index (χ0) is 22.8. The van der Waals surface area contributed by atoms with Crippen LogP contribution in [0.1, 0.15) is 30.5 Å². The number of nitrogens with zero attached hydrogens (tertiary/aromatic N) is 3. The molecule has 1 aromatic carbocycles. The lowest BCUT2D eigenvalue weighted by atomic mass is 9.98. The molecule has 3 heterocycles. The number of amides is 2. The third-order valence-corrected chi connectivity index (χ3v) is 5.28. The fourth-order valence-electron chi connectivity index (χ4n) is 3.73. The van der Waals surface area contributed by atoms with Crippen LogP contribution in [-0.4, -0.2) is 35.4 Å². The van der Waals surface area contributed by atoms with Gasteiger partial charge in [0.05, 0.1) is 30.0 Å². The Hall–Kier alpha value is -3.88. The average Bonchev–Trinajstić information content (AvgIpc) is 2.89. The van der Waals surface area contributed by atoms with Crippen molar-refractivity contribution in [3.63, 3.8) is 0 Å². The number of halogens is 2. The fourth-order valence-corrected chi connectivity index (χ4v) is 3.73. The van der Waals surface area contributed by atoms with Crippen molar-refractivity contribution in [3.8, 4) is 17.0 Å². The Morgan fingerprint density at radius 3 is 2.59 bits per heavy atom. The summed E-state index contributed by atoms with van der Waals surface area (Å²) < 4.78 is 30.9. The molecule has 0 fully saturated rings. The van der Waals surface area contributed by atoms with Crippen LogP contribution in [0.5, 0.6) is 5.88 Å². The number of hydrogen-bond donors (Lipinski definition) is 1. The zero-order valence-electron chi connectivity index (χ0n) is 17.4. The molecule has 0 bridgehead atoms. The van der Waals surface area contributed by atoms with Crippen molar-refractivity contribution in [3.05, 3.63) is 66.1 Å². The van der Waals surface area contributed by atoms with Gasteiger partial charge in [0.25, 0.3) is 6.43 Å². The summed E-state index contributed by atoms with van der Waals surface area (Å²) in [6.45, 7) is 1.45. The fraction of sp³-hybridized carbons (Fsp3) is 0.217. The summed E-state index contributed by atoms with van der Waals surface area (Å²) in [5.74, 6) is -1.08. The van der Waals surface area contributed by atoms with Crippen molar-refractivity contribution in [2.75, 3.05) is 23.9 Å². The van der Waals surface area contributed by atoms with Crippen LogP contribution in [0.25, 0.3) is 11.1 Å². The van der Waals surface area contributed by atoms with Gasteiger partial charge in [0.1, 0.15) is 6.54 Å². The number of nitrogens with one attached hydrogen (secondary N) is 1. The van der Waals surface area contributed by atoms with Gasteiger partial charge in [0.2, 0.25) is 17.7 Å². The summed E-state index contributed by atoms with van der Waals surface area (Å²) >= 11 is 0. The predicted molar refractivity (Wildman–Crippen MR) is 115 cm³/mol. The van der Waals surface area contributed by atoms with Gasteiger partial charge in [-0.15, -0.1) is 0 Å². The minimum absolute atomic E-state index is 0.140. The van der Waals surface area contributed by atoms with E-state index in [1.165, 1.54) is 42.5 Å². The van der Waals surface area contributed by atoms with Crippen LogP contribution >= 0.6 is 0 Å². The number of carbonyl (C=O) groups is 2. The Morgan fingerprint density at radius 2 is 1.91 bits per heavy atom. The first-order valence-electron chi connectivity index (χ1n) is 9.88. The standard InChI is InChI=1S/C23H20F2N4O3/c1-13-20-16(4-3-10-26-20)19-17(9-11-27-22(19)32-2)29(23(13)31)12-18(30)28-15-7-5-14(6-8-15)21(24)25/h3-11,13,21H,12H2,1-2H3,(H,28,30)/t13-/m0/s1. The predicted octanol–water partition coefficient (Wildman–Crippen LogP) is 4.18. The molecule has 0 spiro atoms. The number of carbonyl (C=O) groups excluding carboxylic acids is 2. The maximum absolute atomic E-state index is 13.3. The number of rotatable bonds is 5.